The van der Waals surface area contributed by atoms with Crippen LogP contribution in [0.3, 0.4) is 0 Å². The minimum Gasteiger partial charge on any atom is -0.342 e. The van der Waals surface area contributed by atoms with E-state index in [1.165, 1.54) is 9.75 Å². The van der Waals surface area contributed by atoms with Gasteiger partial charge in [0.15, 0.2) is 0 Å². The SMILES string of the molecule is Cc1ccc(CN2CCC[C@@H](C3=NS(=O)(=O)c4ccccc4N3)C2)s1. The van der Waals surface area contributed by atoms with Gasteiger partial charge < -0.3 is 5.32 Å². The molecule has 2 aliphatic rings. The Balaban J connectivity index is 1.53. The molecule has 0 saturated carbocycles. The van der Waals surface area contributed by atoms with Crippen LogP contribution in [0.2, 0.25) is 0 Å². The number of nitrogens with zero attached hydrogens (tertiary/aromatic N) is 2. The van der Waals surface area contributed by atoms with Crippen LogP contribution >= 0.6 is 11.3 Å². The second-order valence-electron chi connectivity index (χ2n) is 6.66. The highest BCUT2D eigenvalue weighted by atomic mass is 32.2. The van der Waals surface area contributed by atoms with Crippen LogP contribution in [-0.2, 0) is 16.6 Å². The van der Waals surface area contributed by atoms with Crippen molar-refractivity contribution in [1.82, 2.24) is 4.90 Å². The molecule has 0 spiro atoms. The fraction of sp³-hybridized carbons (Fsp3) is 0.389. The van der Waals surface area contributed by atoms with Crippen LogP contribution in [0.15, 0.2) is 45.7 Å². The van der Waals surface area contributed by atoms with Crippen molar-refractivity contribution < 1.29 is 8.42 Å². The van der Waals surface area contributed by atoms with Crippen molar-refractivity contribution >= 4 is 32.9 Å². The lowest BCUT2D eigenvalue weighted by atomic mass is 9.96. The largest absolute Gasteiger partial charge is 0.342 e. The maximum atomic E-state index is 12.5. The molecule has 132 valence electrons. The summed E-state index contributed by atoms with van der Waals surface area (Å²) >= 11 is 1.83. The van der Waals surface area contributed by atoms with Gasteiger partial charge in [0.05, 0.1) is 5.69 Å². The molecule has 5 nitrogen and oxygen atoms in total. The van der Waals surface area contributed by atoms with Crippen molar-refractivity contribution in [3.8, 4) is 0 Å². The number of piperidine rings is 1. The maximum absolute atomic E-state index is 12.5. The number of sulfonamides is 1. The van der Waals surface area contributed by atoms with E-state index in [9.17, 15) is 8.42 Å². The Hall–Kier alpha value is -1.70. The summed E-state index contributed by atoms with van der Waals surface area (Å²) in [5, 5.41) is 3.26. The quantitative estimate of drug-likeness (QED) is 0.892. The average molecular weight is 376 g/mol. The third kappa shape index (κ3) is 3.49. The van der Waals surface area contributed by atoms with Crippen molar-refractivity contribution in [3.05, 3.63) is 46.2 Å². The van der Waals surface area contributed by atoms with E-state index in [4.69, 9.17) is 0 Å². The molecule has 0 amide bonds. The van der Waals surface area contributed by atoms with Crippen LogP contribution in [-0.4, -0.2) is 32.2 Å². The highest BCUT2D eigenvalue weighted by Gasteiger charge is 2.31. The second kappa shape index (κ2) is 6.55. The lowest BCUT2D eigenvalue weighted by Gasteiger charge is -2.34. The standard InChI is InChI=1S/C18H21N3O2S2/c1-13-8-9-15(24-13)12-21-10-4-5-14(11-21)18-19-16-6-2-3-7-17(16)25(22,23)20-18/h2-3,6-9,14H,4-5,10-12H2,1H3,(H,19,20)/t14-/m1/s1. The number of anilines is 1. The van der Waals surface area contributed by atoms with Crippen molar-refractivity contribution in [2.75, 3.05) is 18.4 Å². The molecule has 1 atom stereocenters. The van der Waals surface area contributed by atoms with Crippen LogP contribution in [0.4, 0.5) is 5.69 Å². The van der Waals surface area contributed by atoms with Gasteiger partial charge in [0.1, 0.15) is 10.7 Å². The van der Waals surface area contributed by atoms with Gasteiger partial charge in [0, 0.05) is 28.8 Å². The average Bonchev–Trinajstić information content (AvgIpc) is 2.99. The number of aryl methyl sites for hydroxylation is 1. The summed E-state index contributed by atoms with van der Waals surface area (Å²) in [6.07, 6.45) is 2.01. The number of nitrogens with one attached hydrogen (secondary N) is 1. The van der Waals surface area contributed by atoms with E-state index in [0.717, 1.165) is 32.5 Å². The lowest BCUT2D eigenvalue weighted by molar-refractivity contribution is 0.198. The lowest BCUT2D eigenvalue weighted by Crippen LogP contribution is -2.41. The molecular weight excluding hydrogens is 354 g/mol. The number of amidine groups is 1. The number of fused-ring (bicyclic) bond motifs is 1. The first-order chi connectivity index (χ1) is 12.0. The van der Waals surface area contributed by atoms with Crippen molar-refractivity contribution in [1.29, 1.82) is 0 Å². The summed E-state index contributed by atoms with van der Waals surface area (Å²) in [6, 6.07) is 11.3. The summed E-state index contributed by atoms with van der Waals surface area (Å²) in [4.78, 5) is 5.34. The van der Waals surface area contributed by atoms with Crippen LogP contribution < -0.4 is 5.32 Å². The third-order valence-electron chi connectivity index (χ3n) is 4.71. The van der Waals surface area contributed by atoms with Gasteiger partial charge in [0.2, 0.25) is 0 Å². The maximum Gasteiger partial charge on any atom is 0.286 e. The van der Waals surface area contributed by atoms with E-state index in [-0.39, 0.29) is 10.8 Å². The fourth-order valence-corrected chi connectivity index (χ4v) is 5.66. The molecule has 7 heteroatoms. The number of likely N-dealkylation sites (tertiary alicyclic amines) is 1. The first-order valence-electron chi connectivity index (χ1n) is 8.50. The summed E-state index contributed by atoms with van der Waals surface area (Å²) < 4.78 is 29.0. The Bertz CT molecular complexity index is 918. The van der Waals surface area contributed by atoms with Gasteiger partial charge in [-0.25, -0.2) is 0 Å². The molecule has 1 N–H and O–H groups in total. The predicted molar refractivity (Wildman–Crippen MR) is 102 cm³/mol. The molecule has 0 aliphatic carbocycles. The Morgan fingerprint density at radius 3 is 2.92 bits per heavy atom. The first kappa shape index (κ1) is 16.8. The van der Waals surface area contributed by atoms with Crippen molar-refractivity contribution in [2.24, 2.45) is 10.3 Å². The zero-order valence-corrected chi connectivity index (χ0v) is 15.7. The smallest absolute Gasteiger partial charge is 0.286 e. The van der Waals surface area contributed by atoms with Crippen LogP contribution in [0, 0.1) is 12.8 Å². The summed E-state index contributed by atoms with van der Waals surface area (Å²) in [7, 11) is -3.60. The van der Waals surface area contributed by atoms with E-state index in [1.807, 2.05) is 17.4 Å². The van der Waals surface area contributed by atoms with E-state index in [0.29, 0.717) is 11.5 Å². The number of hydrogen-bond donors (Lipinski definition) is 1. The van der Waals surface area contributed by atoms with Gasteiger partial charge in [-0.2, -0.15) is 8.42 Å². The Kier molecular flexibility index (Phi) is 4.39. The highest BCUT2D eigenvalue weighted by molar-refractivity contribution is 7.90. The molecule has 2 aliphatic heterocycles. The van der Waals surface area contributed by atoms with E-state index < -0.39 is 10.0 Å². The van der Waals surface area contributed by atoms with Gasteiger partial charge in [-0.05, 0) is 50.6 Å². The number of thiophene rings is 1. The van der Waals surface area contributed by atoms with Crippen molar-refractivity contribution in [3.63, 3.8) is 0 Å². The molecule has 0 bridgehead atoms. The molecule has 1 fully saturated rings. The van der Waals surface area contributed by atoms with Gasteiger partial charge in [-0.1, -0.05) is 12.1 Å². The summed E-state index contributed by atoms with van der Waals surface area (Å²) in [6.45, 7) is 4.92. The minimum atomic E-state index is -3.60. The third-order valence-corrected chi connectivity index (χ3v) is 7.05. The van der Waals surface area contributed by atoms with Gasteiger partial charge in [-0.15, -0.1) is 15.7 Å². The van der Waals surface area contributed by atoms with E-state index in [1.54, 1.807) is 18.2 Å². The van der Waals surface area contributed by atoms with E-state index in [2.05, 4.69) is 33.7 Å². The summed E-state index contributed by atoms with van der Waals surface area (Å²) in [5.74, 6) is 0.712. The molecule has 2 aromatic rings. The Morgan fingerprint density at radius 2 is 2.12 bits per heavy atom. The zero-order valence-electron chi connectivity index (χ0n) is 14.1. The monoisotopic (exact) mass is 375 g/mol. The highest BCUT2D eigenvalue weighted by Crippen LogP contribution is 2.30. The van der Waals surface area contributed by atoms with Crippen LogP contribution in [0.25, 0.3) is 0 Å². The fourth-order valence-electron chi connectivity index (χ4n) is 3.52. The van der Waals surface area contributed by atoms with Crippen molar-refractivity contribution in [2.45, 2.75) is 31.2 Å². The second-order valence-corrected chi connectivity index (χ2v) is 9.60. The molecular formula is C18H21N3O2S2. The number of rotatable bonds is 3. The minimum absolute atomic E-state index is 0.123. The molecule has 25 heavy (non-hydrogen) atoms. The molecule has 0 unspecified atom stereocenters. The Labute approximate surface area is 152 Å². The van der Waals surface area contributed by atoms with Gasteiger partial charge in [0.25, 0.3) is 10.0 Å². The van der Waals surface area contributed by atoms with Crippen LogP contribution in [0.5, 0.6) is 0 Å². The normalized spacial score (nSPS) is 22.8. The Morgan fingerprint density at radius 1 is 1.28 bits per heavy atom. The zero-order chi connectivity index (χ0) is 17.4. The molecule has 0 radical (unpaired) electrons. The predicted octanol–water partition coefficient (Wildman–Crippen LogP) is 3.48. The van der Waals surface area contributed by atoms with E-state index >= 15 is 0 Å². The van der Waals surface area contributed by atoms with Gasteiger partial charge in [-0.3, -0.25) is 4.90 Å². The molecule has 3 heterocycles. The summed E-state index contributed by atoms with van der Waals surface area (Å²) in [5.41, 5.74) is 0.638. The molecule has 1 aromatic heterocycles. The topological polar surface area (TPSA) is 61.8 Å². The van der Waals surface area contributed by atoms with Gasteiger partial charge >= 0.3 is 0 Å². The number of hydrogen-bond acceptors (Lipinski definition) is 5. The molecule has 4 rings (SSSR count). The number of para-hydroxylation sites is 1. The number of benzene rings is 1. The van der Waals surface area contributed by atoms with Crippen LogP contribution in [0.1, 0.15) is 22.6 Å². The molecule has 1 aromatic carbocycles. The molecule has 1 saturated heterocycles. The first-order valence-corrected chi connectivity index (χ1v) is 10.8.